The SMILES string of the molecule is CC(C)(C)CCCCCN. The molecule has 1 nitrogen and oxygen atoms in total. The molecule has 0 aromatic rings. The molecule has 0 saturated heterocycles. The average Bonchev–Trinajstić information content (AvgIpc) is 1.78. The Morgan fingerprint density at radius 1 is 1.00 bits per heavy atom. The fraction of sp³-hybridized carbons (Fsp3) is 1.00. The third kappa shape index (κ3) is 7.96. The van der Waals surface area contributed by atoms with E-state index in [1.807, 2.05) is 0 Å². The van der Waals surface area contributed by atoms with E-state index in [0.29, 0.717) is 5.41 Å². The summed E-state index contributed by atoms with van der Waals surface area (Å²) in [5.41, 5.74) is 5.89. The van der Waals surface area contributed by atoms with Crippen LogP contribution in [0.5, 0.6) is 0 Å². The van der Waals surface area contributed by atoms with Crippen molar-refractivity contribution >= 4 is 0 Å². The monoisotopic (exact) mass is 143 g/mol. The fourth-order valence-corrected chi connectivity index (χ4v) is 0.976. The van der Waals surface area contributed by atoms with Crippen LogP contribution in [0.2, 0.25) is 0 Å². The van der Waals surface area contributed by atoms with Crippen LogP contribution in [0.25, 0.3) is 0 Å². The van der Waals surface area contributed by atoms with Crippen LogP contribution in [-0.4, -0.2) is 6.54 Å². The normalized spacial score (nSPS) is 12.0. The fourth-order valence-electron chi connectivity index (χ4n) is 0.976. The van der Waals surface area contributed by atoms with E-state index in [1.165, 1.54) is 25.7 Å². The minimum atomic E-state index is 0.509. The van der Waals surface area contributed by atoms with Crippen molar-refractivity contribution < 1.29 is 0 Å². The molecule has 0 unspecified atom stereocenters. The van der Waals surface area contributed by atoms with Gasteiger partial charge in [0.1, 0.15) is 0 Å². The van der Waals surface area contributed by atoms with Crippen molar-refractivity contribution in [1.82, 2.24) is 0 Å². The molecule has 0 radical (unpaired) electrons. The minimum Gasteiger partial charge on any atom is -0.330 e. The van der Waals surface area contributed by atoms with Gasteiger partial charge in [-0.15, -0.1) is 0 Å². The van der Waals surface area contributed by atoms with Gasteiger partial charge in [-0.25, -0.2) is 0 Å². The van der Waals surface area contributed by atoms with Gasteiger partial charge in [-0.3, -0.25) is 0 Å². The first-order valence-corrected chi connectivity index (χ1v) is 4.26. The van der Waals surface area contributed by atoms with Gasteiger partial charge in [-0.1, -0.05) is 33.6 Å². The van der Waals surface area contributed by atoms with Crippen LogP contribution in [0.3, 0.4) is 0 Å². The Kier molecular flexibility index (Phi) is 4.71. The smallest absolute Gasteiger partial charge is 0.00773 e. The zero-order chi connectivity index (χ0) is 8.04. The van der Waals surface area contributed by atoms with Crippen molar-refractivity contribution in [3.63, 3.8) is 0 Å². The predicted molar refractivity (Wildman–Crippen MR) is 47.0 cm³/mol. The maximum Gasteiger partial charge on any atom is -0.00773 e. The molecule has 0 heterocycles. The molecule has 0 saturated carbocycles. The summed E-state index contributed by atoms with van der Waals surface area (Å²) in [6.07, 6.45) is 5.15. The van der Waals surface area contributed by atoms with Crippen LogP contribution in [0.15, 0.2) is 0 Å². The molecule has 0 fully saturated rings. The Balaban J connectivity index is 3.04. The van der Waals surface area contributed by atoms with Crippen LogP contribution in [0.1, 0.15) is 46.5 Å². The number of nitrogens with two attached hydrogens (primary N) is 1. The molecule has 10 heavy (non-hydrogen) atoms. The zero-order valence-electron chi connectivity index (χ0n) is 7.61. The molecule has 0 bridgehead atoms. The van der Waals surface area contributed by atoms with Crippen LogP contribution in [0, 0.1) is 5.41 Å². The molecule has 0 spiro atoms. The highest BCUT2D eigenvalue weighted by atomic mass is 14.5. The molecule has 0 aliphatic carbocycles. The van der Waals surface area contributed by atoms with Crippen LogP contribution >= 0.6 is 0 Å². The highest BCUT2D eigenvalue weighted by Crippen LogP contribution is 2.21. The lowest BCUT2D eigenvalue weighted by Crippen LogP contribution is -2.05. The highest BCUT2D eigenvalue weighted by Gasteiger charge is 2.08. The molecule has 0 aromatic carbocycles. The van der Waals surface area contributed by atoms with Crippen LogP contribution in [-0.2, 0) is 0 Å². The van der Waals surface area contributed by atoms with Crippen LogP contribution < -0.4 is 5.73 Å². The van der Waals surface area contributed by atoms with Crippen molar-refractivity contribution in [2.24, 2.45) is 11.1 Å². The molecular formula is C9H21N. The third-order valence-electron chi connectivity index (χ3n) is 1.63. The summed E-state index contributed by atoms with van der Waals surface area (Å²) < 4.78 is 0. The van der Waals surface area contributed by atoms with E-state index in [9.17, 15) is 0 Å². The van der Waals surface area contributed by atoms with E-state index >= 15 is 0 Å². The van der Waals surface area contributed by atoms with Crippen molar-refractivity contribution in [2.45, 2.75) is 46.5 Å². The van der Waals surface area contributed by atoms with Crippen molar-refractivity contribution in [2.75, 3.05) is 6.54 Å². The van der Waals surface area contributed by atoms with Crippen LogP contribution in [0.4, 0.5) is 0 Å². The first-order chi connectivity index (χ1) is 4.56. The van der Waals surface area contributed by atoms with Gasteiger partial charge in [0.2, 0.25) is 0 Å². The topological polar surface area (TPSA) is 26.0 Å². The molecule has 2 N–H and O–H groups in total. The number of unbranched alkanes of at least 4 members (excludes halogenated alkanes) is 2. The molecule has 0 rings (SSSR count). The maximum atomic E-state index is 5.38. The lowest BCUT2D eigenvalue weighted by molar-refractivity contribution is 0.358. The third-order valence-corrected chi connectivity index (χ3v) is 1.63. The summed E-state index contributed by atoms with van der Waals surface area (Å²) in [6, 6.07) is 0. The summed E-state index contributed by atoms with van der Waals surface area (Å²) in [4.78, 5) is 0. The van der Waals surface area contributed by atoms with Gasteiger partial charge >= 0.3 is 0 Å². The molecule has 0 aliphatic heterocycles. The average molecular weight is 143 g/mol. The summed E-state index contributed by atoms with van der Waals surface area (Å²) in [6.45, 7) is 7.71. The molecule has 0 aliphatic rings. The quantitative estimate of drug-likeness (QED) is 0.601. The minimum absolute atomic E-state index is 0.509. The summed E-state index contributed by atoms with van der Waals surface area (Å²) >= 11 is 0. The Morgan fingerprint density at radius 2 is 1.60 bits per heavy atom. The largest absolute Gasteiger partial charge is 0.330 e. The Bertz CT molecular complexity index is 71.3. The van der Waals surface area contributed by atoms with E-state index in [1.54, 1.807) is 0 Å². The summed E-state index contributed by atoms with van der Waals surface area (Å²) in [5.74, 6) is 0. The zero-order valence-corrected chi connectivity index (χ0v) is 7.61. The maximum absolute atomic E-state index is 5.38. The van der Waals surface area contributed by atoms with Gasteiger partial charge in [-0.05, 0) is 24.8 Å². The van der Waals surface area contributed by atoms with Gasteiger partial charge in [0.25, 0.3) is 0 Å². The molecular weight excluding hydrogens is 122 g/mol. The lowest BCUT2D eigenvalue weighted by atomic mass is 9.89. The standard InChI is InChI=1S/C9H21N/c1-9(2,3)7-5-4-6-8-10/h4-8,10H2,1-3H3. The molecule has 0 aromatic heterocycles. The lowest BCUT2D eigenvalue weighted by Gasteiger charge is -2.17. The van der Waals surface area contributed by atoms with Gasteiger partial charge in [0, 0.05) is 0 Å². The van der Waals surface area contributed by atoms with E-state index < -0.39 is 0 Å². The summed E-state index contributed by atoms with van der Waals surface area (Å²) in [5, 5.41) is 0. The van der Waals surface area contributed by atoms with E-state index in [2.05, 4.69) is 20.8 Å². The highest BCUT2D eigenvalue weighted by molar-refractivity contribution is 4.60. The van der Waals surface area contributed by atoms with Gasteiger partial charge in [-0.2, -0.15) is 0 Å². The second kappa shape index (κ2) is 4.73. The molecule has 62 valence electrons. The Morgan fingerprint density at radius 3 is 2.00 bits per heavy atom. The predicted octanol–water partition coefficient (Wildman–Crippen LogP) is 2.55. The molecule has 0 atom stereocenters. The second-order valence-electron chi connectivity index (χ2n) is 4.16. The first-order valence-electron chi connectivity index (χ1n) is 4.26. The van der Waals surface area contributed by atoms with Gasteiger partial charge in [0.15, 0.2) is 0 Å². The van der Waals surface area contributed by atoms with Crippen molar-refractivity contribution in [3.05, 3.63) is 0 Å². The number of hydrogen-bond donors (Lipinski definition) is 1. The van der Waals surface area contributed by atoms with Crippen molar-refractivity contribution in [3.8, 4) is 0 Å². The van der Waals surface area contributed by atoms with Gasteiger partial charge < -0.3 is 5.73 Å². The van der Waals surface area contributed by atoms with E-state index in [-0.39, 0.29) is 0 Å². The summed E-state index contributed by atoms with van der Waals surface area (Å²) in [7, 11) is 0. The molecule has 1 heteroatoms. The molecule has 0 amide bonds. The number of rotatable bonds is 4. The van der Waals surface area contributed by atoms with Crippen molar-refractivity contribution in [1.29, 1.82) is 0 Å². The van der Waals surface area contributed by atoms with E-state index in [0.717, 1.165) is 6.54 Å². The second-order valence-corrected chi connectivity index (χ2v) is 4.16. The first kappa shape index (κ1) is 9.96. The number of hydrogen-bond acceptors (Lipinski definition) is 1. The van der Waals surface area contributed by atoms with E-state index in [4.69, 9.17) is 5.73 Å². The van der Waals surface area contributed by atoms with Gasteiger partial charge in [0.05, 0.1) is 0 Å². The Labute approximate surface area is 65.0 Å². The Hall–Kier alpha value is -0.0400.